The van der Waals surface area contributed by atoms with Crippen LogP contribution in [-0.4, -0.2) is 95.5 Å². The summed E-state index contributed by atoms with van der Waals surface area (Å²) in [5.74, 6) is 0. The Hall–Kier alpha value is -1.54. The van der Waals surface area contributed by atoms with Crippen LogP contribution in [-0.2, 0) is 9.47 Å². The molecule has 0 saturated carbocycles. The SMILES string of the molecule is C[C@@H]1CN(C(=O)OC(C)(C)C)C[C@H](C)N1.C[C@@H]1CN(C(=O)OC(C)(C)C)C[C@H](C)N1C. The van der Waals surface area contributed by atoms with Crippen LogP contribution in [0.1, 0.15) is 69.2 Å². The molecule has 8 heteroatoms. The van der Waals surface area contributed by atoms with E-state index in [1.165, 1.54) is 0 Å². The van der Waals surface area contributed by atoms with E-state index >= 15 is 0 Å². The maximum atomic E-state index is 11.9. The van der Waals surface area contributed by atoms with E-state index in [2.05, 4.69) is 45.0 Å². The van der Waals surface area contributed by atoms with Crippen LogP contribution in [0.5, 0.6) is 0 Å². The van der Waals surface area contributed by atoms with Crippen molar-refractivity contribution in [3.8, 4) is 0 Å². The molecular formula is C23H46N4O4. The monoisotopic (exact) mass is 442 g/mol. The molecule has 0 aromatic rings. The molecule has 2 fully saturated rings. The lowest BCUT2D eigenvalue weighted by Gasteiger charge is -2.42. The van der Waals surface area contributed by atoms with E-state index in [1.807, 2.05) is 41.5 Å². The molecule has 2 aliphatic heterocycles. The number of hydrogen-bond donors (Lipinski definition) is 1. The lowest BCUT2D eigenvalue weighted by Crippen LogP contribution is -2.57. The zero-order chi connectivity index (χ0) is 24.1. The maximum absolute atomic E-state index is 11.9. The predicted molar refractivity (Wildman–Crippen MR) is 124 cm³/mol. The second-order valence-corrected chi connectivity index (χ2v) is 11.1. The second kappa shape index (κ2) is 10.9. The fraction of sp³-hybridized carbons (Fsp3) is 0.913. The molecule has 0 radical (unpaired) electrons. The Balaban J connectivity index is 0.000000311. The van der Waals surface area contributed by atoms with Crippen LogP contribution in [0.4, 0.5) is 9.59 Å². The maximum Gasteiger partial charge on any atom is 0.410 e. The van der Waals surface area contributed by atoms with Crippen molar-refractivity contribution in [2.24, 2.45) is 0 Å². The zero-order valence-corrected chi connectivity index (χ0v) is 21.6. The summed E-state index contributed by atoms with van der Waals surface area (Å²) >= 11 is 0. The highest BCUT2D eigenvalue weighted by Gasteiger charge is 2.32. The van der Waals surface area contributed by atoms with E-state index in [4.69, 9.17) is 9.47 Å². The van der Waals surface area contributed by atoms with Crippen molar-refractivity contribution in [1.29, 1.82) is 0 Å². The van der Waals surface area contributed by atoms with Crippen molar-refractivity contribution in [2.45, 2.75) is 105 Å². The molecule has 0 aromatic heterocycles. The number of nitrogens with zero attached hydrogens (tertiary/aromatic N) is 3. The van der Waals surface area contributed by atoms with Crippen molar-refractivity contribution in [2.75, 3.05) is 33.2 Å². The Morgan fingerprint density at radius 2 is 1.03 bits per heavy atom. The van der Waals surface area contributed by atoms with E-state index in [0.717, 1.165) is 26.2 Å². The molecule has 4 atom stereocenters. The molecule has 2 aliphatic rings. The molecule has 0 aromatic carbocycles. The summed E-state index contributed by atoms with van der Waals surface area (Å²) < 4.78 is 10.7. The predicted octanol–water partition coefficient (Wildman–Crippen LogP) is 3.55. The Morgan fingerprint density at radius 3 is 1.35 bits per heavy atom. The van der Waals surface area contributed by atoms with Crippen molar-refractivity contribution in [1.82, 2.24) is 20.0 Å². The summed E-state index contributed by atoms with van der Waals surface area (Å²) in [5.41, 5.74) is -0.818. The number of likely N-dealkylation sites (N-methyl/N-ethyl adjacent to an activating group) is 1. The van der Waals surface area contributed by atoms with Gasteiger partial charge in [0.15, 0.2) is 0 Å². The summed E-state index contributed by atoms with van der Waals surface area (Å²) in [6, 6.07) is 1.44. The van der Waals surface area contributed by atoms with Gasteiger partial charge < -0.3 is 24.6 Å². The largest absolute Gasteiger partial charge is 0.444 e. The minimum absolute atomic E-state index is 0.195. The van der Waals surface area contributed by atoms with Gasteiger partial charge in [0.2, 0.25) is 0 Å². The standard InChI is InChI=1S/C12H24N2O2.C11H22N2O2/c1-9-7-14(8-10(2)13(9)6)11(15)16-12(3,4)5;1-8-6-13(7-9(2)12-8)10(14)15-11(3,4)5/h9-10H,7-8H2,1-6H3;8-9,12H,6-7H2,1-5H3/t9-,10+;8-,9+. The van der Waals surface area contributed by atoms with Crippen molar-refractivity contribution >= 4 is 12.2 Å². The van der Waals surface area contributed by atoms with Gasteiger partial charge in [0.05, 0.1) is 0 Å². The topological polar surface area (TPSA) is 74.3 Å². The van der Waals surface area contributed by atoms with Crippen LogP contribution in [0.2, 0.25) is 0 Å². The Labute approximate surface area is 189 Å². The fourth-order valence-corrected chi connectivity index (χ4v) is 3.68. The Kier molecular flexibility index (Phi) is 9.63. The second-order valence-electron chi connectivity index (χ2n) is 11.1. The number of piperazine rings is 2. The molecule has 0 unspecified atom stereocenters. The lowest BCUT2D eigenvalue weighted by molar-refractivity contribution is -0.00142. The quantitative estimate of drug-likeness (QED) is 0.618. The van der Waals surface area contributed by atoms with Crippen LogP contribution in [0.15, 0.2) is 0 Å². The third kappa shape index (κ3) is 10.1. The smallest absolute Gasteiger partial charge is 0.410 e. The molecular weight excluding hydrogens is 396 g/mol. The van der Waals surface area contributed by atoms with Crippen LogP contribution < -0.4 is 5.32 Å². The van der Waals surface area contributed by atoms with Gasteiger partial charge in [0.1, 0.15) is 11.2 Å². The van der Waals surface area contributed by atoms with Crippen molar-refractivity contribution in [3.05, 3.63) is 0 Å². The van der Waals surface area contributed by atoms with Gasteiger partial charge in [-0.1, -0.05) is 0 Å². The molecule has 182 valence electrons. The van der Waals surface area contributed by atoms with Gasteiger partial charge in [0, 0.05) is 50.3 Å². The van der Waals surface area contributed by atoms with Gasteiger partial charge in [-0.05, 0) is 76.3 Å². The number of hydrogen-bond acceptors (Lipinski definition) is 6. The van der Waals surface area contributed by atoms with E-state index in [9.17, 15) is 9.59 Å². The lowest BCUT2D eigenvalue weighted by atomic mass is 10.1. The normalized spacial score (nSPS) is 27.8. The molecule has 31 heavy (non-hydrogen) atoms. The van der Waals surface area contributed by atoms with Crippen molar-refractivity contribution < 1.29 is 19.1 Å². The molecule has 0 spiro atoms. The molecule has 2 saturated heterocycles. The Bertz CT molecular complexity index is 577. The summed E-state index contributed by atoms with van der Waals surface area (Å²) in [7, 11) is 2.10. The van der Waals surface area contributed by atoms with Crippen LogP contribution >= 0.6 is 0 Å². The van der Waals surface area contributed by atoms with Gasteiger partial charge in [-0.2, -0.15) is 0 Å². The van der Waals surface area contributed by atoms with Gasteiger partial charge in [0.25, 0.3) is 0 Å². The number of ether oxygens (including phenoxy) is 2. The molecule has 0 aliphatic carbocycles. The average Bonchev–Trinajstić information content (AvgIpc) is 2.56. The zero-order valence-electron chi connectivity index (χ0n) is 21.6. The first-order valence-corrected chi connectivity index (χ1v) is 11.4. The van der Waals surface area contributed by atoms with Crippen molar-refractivity contribution in [3.63, 3.8) is 0 Å². The number of nitrogens with one attached hydrogen (secondary N) is 1. The van der Waals surface area contributed by atoms with E-state index in [-0.39, 0.29) is 12.2 Å². The van der Waals surface area contributed by atoms with Crippen LogP contribution in [0.3, 0.4) is 0 Å². The van der Waals surface area contributed by atoms with E-state index < -0.39 is 11.2 Å². The Morgan fingerprint density at radius 1 is 0.710 bits per heavy atom. The first-order valence-electron chi connectivity index (χ1n) is 11.4. The molecule has 2 amide bonds. The van der Waals surface area contributed by atoms with E-state index in [0.29, 0.717) is 24.2 Å². The van der Waals surface area contributed by atoms with Crippen LogP contribution in [0.25, 0.3) is 0 Å². The average molecular weight is 443 g/mol. The third-order valence-electron chi connectivity index (χ3n) is 5.22. The summed E-state index contributed by atoms with van der Waals surface area (Å²) in [5, 5.41) is 3.38. The first-order chi connectivity index (χ1) is 14.0. The minimum atomic E-state index is -0.410. The molecule has 8 nitrogen and oxygen atoms in total. The highest BCUT2D eigenvalue weighted by molar-refractivity contribution is 5.68. The van der Waals surface area contributed by atoms with Gasteiger partial charge in [-0.15, -0.1) is 0 Å². The van der Waals surface area contributed by atoms with Crippen LogP contribution in [0, 0.1) is 0 Å². The van der Waals surface area contributed by atoms with Gasteiger partial charge in [-0.25, -0.2) is 9.59 Å². The number of amides is 2. The summed E-state index contributed by atoms with van der Waals surface area (Å²) in [6.07, 6.45) is -0.401. The highest BCUT2D eigenvalue weighted by Crippen LogP contribution is 2.17. The number of carbonyl (C=O) groups is 2. The number of carbonyl (C=O) groups excluding carboxylic acids is 2. The fourth-order valence-electron chi connectivity index (χ4n) is 3.68. The molecule has 0 bridgehead atoms. The molecule has 2 heterocycles. The minimum Gasteiger partial charge on any atom is -0.444 e. The highest BCUT2D eigenvalue weighted by atomic mass is 16.6. The summed E-state index contributed by atoms with van der Waals surface area (Å²) in [4.78, 5) is 29.6. The first kappa shape index (κ1) is 27.5. The third-order valence-corrected chi connectivity index (χ3v) is 5.22. The number of rotatable bonds is 0. The van der Waals surface area contributed by atoms with E-state index in [1.54, 1.807) is 9.80 Å². The molecule has 2 rings (SSSR count). The molecule has 1 N–H and O–H groups in total. The summed E-state index contributed by atoms with van der Waals surface area (Å²) in [6.45, 7) is 22.7. The van der Waals surface area contributed by atoms with Gasteiger partial charge in [-0.3, -0.25) is 4.90 Å². The van der Waals surface area contributed by atoms with Gasteiger partial charge >= 0.3 is 12.2 Å².